The van der Waals surface area contributed by atoms with E-state index in [0.29, 0.717) is 49.1 Å². The Labute approximate surface area is 192 Å². The number of hydrogen-bond donors (Lipinski definition) is 0. The van der Waals surface area contributed by atoms with E-state index in [1.165, 1.54) is 4.90 Å². The standard InChI is InChI=1S/C25H24N6O2/c1-18-6-8-19(9-7-18)21-22(24(33)31(23(21)32)17-20-5-2-3-10-26-20)29-13-15-30(16-14-29)25-27-11-4-12-28-25/h2-12H,13-17H2,1H3. The van der Waals surface area contributed by atoms with Crippen molar-refractivity contribution in [2.45, 2.75) is 13.5 Å². The van der Waals surface area contributed by atoms with Crippen LogP contribution in [0.3, 0.4) is 0 Å². The lowest BCUT2D eigenvalue weighted by Gasteiger charge is -2.36. The zero-order valence-corrected chi connectivity index (χ0v) is 18.4. The Morgan fingerprint density at radius 2 is 1.42 bits per heavy atom. The summed E-state index contributed by atoms with van der Waals surface area (Å²) in [5, 5.41) is 0. The first-order chi connectivity index (χ1) is 16.1. The summed E-state index contributed by atoms with van der Waals surface area (Å²) < 4.78 is 0. The highest BCUT2D eigenvalue weighted by molar-refractivity contribution is 6.35. The summed E-state index contributed by atoms with van der Waals surface area (Å²) in [5.74, 6) is 0.124. The van der Waals surface area contributed by atoms with Crippen LogP contribution in [0.1, 0.15) is 16.8 Å². The topological polar surface area (TPSA) is 82.5 Å². The minimum Gasteiger partial charge on any atom is -0.363 e. The lowest BCUT2D eigenvalue weighted by atomic mass is 10.0. The minimum absolute atomic E-state index is 0.148. The molecule has 1 fully saturated rings. The number of nitrogens with zero attached hydrogens (tertiary/aromatic N) is 6. The third-order valence-electron chi connectivity index (χ3n) is 5.96. The Bertz CT molecular complexity index is 1190. The molecule has 8 nitrogen and oxygen atoms in total. The molecule has 4 heterocycles. The molecule has 2 amide bonds. The third kappa shape index (κ3) is 4.07. The Kier molecular flexibility index (Phi) is 5.56. The first kappa shape index (κ1) is 20.8. The fraction of sp³-hybridized carbons (Fsp3) is 0.240. The number of carbonyl (C=O) groups is 2. The molecule has 5 rings (SSSR count). The van der Waals surface area contributed by atoms with Crippen LogP contribution in [-0.4, -0.2) is 62.7 Å². The maximum Gasteiger partial charge on any atom is 0.278 e. The molecular formula is C25H24N6O2. The van der Waals surface area contributed by atoms with Gasteiger partial charge in [-0.1, -0.05) is 35.9 Å². The second-order valence-electron chi connectivity index (χ2n) is 8.13. The first-order valence-corrected chi connectivity index (χ1v) is 11.0. The Morgan fingerprint density at radius 3 is 2.09 bits per heavy atom. The average molecular weight is 441 g/mol. The Balaban J connectivity index is 1.45. The van der Waals surface area contributed by atoms with Crippen LogP contribution in [-0.2, 0) is 16.1 Å². The van der Waals surface area contributed by atoms with Crippen LogP contribution in [0.4, 0.5) is 5.95 Å². The molecule has 0 saturated carbocycles. The van der Waals surface area contributed by atoms with Gasteiger partial charge in [-0.05, 0) is 30.7 Å². The SMILES string of the molecule is Cc1ccc(C2=C(N3CCN(c4ncccn4)CC3)C(=O)N(Cc3ccccn3)C2=O)cc1. The van der Waals surface area contributed by atoms with Gasteiger partial charge in [-0.15, -0.1) is 0 Å². The summed E-state index contributed by atoms with van der Waals surface area (Å²) in [5.41, 5.74) is 3.45. The fourth-order valence-corrected chi connectivity index (χ4v) is 4.22. The van der Waals surface area contributed by atoms with Crippen molar-refractivity contribution in [1.29, 1.82) is 0 Å². The number of aromatic nitrogens is 3. The molecule has 0 radical (unpaired) electrons. The number of pyridine rings is 1. The molecule has 33 heavy (non-hydrogen) atoms. The summed E-state index contributed by atoms with van der Waals surface area (Å²) in [7, 11) is 0. The van der Waals surface area contributed by atoms with Gasteiger partial charge in [-0.2, -0.15) is 0 Å². The zero-order chi connectivity index (χ0) is 22.8. The van der Waals surface area contributed by atoms with Crippen molar-refractivity contribution in [3.05, 3.63) is 89.6 Å². The molecule has 0 aliphatic carbocycles. The van der Waals surface area contributed by atoms with E-state index >= 15 is 0 Å². The van der Waals surface area contributed by atoms with Crippen LogP contribution in [0.25, 0.3) is 5.57 Å². The molecule has 2 aromatic heterocycles. The predicted octanol–water partition coefficient (Wildman–Crippen LogP) is 2.28. The normalized spacial score (nSPS) is 16.7. The predicted molar refractivity (Wildman–Crippen MR) is 124 cm³/mol. The maximum atomic E-state index is 13.6. The van der Waals surface area contributed by atoms with Gasteiger partial charge in [0.05, 0.1) is 17.8 Å². The van der Waals surface area contributed by atoms with E-state index < -0.39 is 0 Å². The molecule has 0 N–H and O–H groups in total. The Morgan fingerprint density at radius 1 is 0.758 bits per heavy atom. The van der Waals surface area contributed by atoms with Gasteiger partial charge in [0.25, 0.3) is 11.8 Å². The van der Waals surface area contributed by atoms with Gasteiger partial charge in [0.2, 0.25) is 5.95 Å². The van der Waals surface area contributed by atoms with Gasteiger partial charge in [0.15, 0.2) is 0 Å². The highest BCUT2D eigenvalue weighted by atomic mass is 16.2. The van der Waals surface area contributed by atoms with Crippen LogP contribution in [0, 0.1) is 6.92 Å². The van der Waals surface area contributed by atoms with E-state index in [-0.39, 0.29) is 18.4 Å². The second kappa shape index (κ2) is 8.82. The van der Waals surface area contributed by atoms with E-state index in [4.69, 9.17) is 0 Å². The molecule has 1 aromatic carbocycles. The van der Waals surface area contributed by atoms with Crippen LogP contribution in [0.15, 0.2) is 72.8 Å². The summed E-state index contributed by atoms with van der Waals surface area (Å²) in [6, 6.07) is 15.0. The molecule has 0 unspecified atom stereocenters. The largest absolute Gasteiger partial charge is 0.363 e. The molecule has 0 spiro atoms. The summed E-state index contributed by atoms with van der Waals surface area (Å²) in [6.45, 7) is 4.67. The summed E-state index contributed by atoms with van der Waals surface area (Å²) in [6.07, 6.45) is 5.11. The number of anilines is 1. The van der Waals surface area contributed by atoms with Gasteiger partial charge >= 0.3 is 0 Å². The van der Waals surface area contributed by atoms with Gasteiger partial charge in [0, 0.05) is 44.8 Å². The number of aryl methyl sites for hydroxylation is 1. The monoisotopic (exact) mass is 440 g/mol. The van der Waals surface area contributed by atoms with Gasteiger partial charge in [-0.3, -0.25) is 19.5 Å². The second-order valence-corrected chi connectivity index (χ2v) is 8.13. The number of amides is 2. The molecule has 0 atom stereocenters. The number of piperazine rings is 1. The molecule has 0 bridgehead atoms. The average Bonchev–Trinajstić information content (AvgIpc) is 3.11. The smallest absolute Gasteiger partial charge is 0.278 e. The number of benzene rings is 1. The van der Waals surface area contributed by atoms with E-state index in [2.05, 4.69) is 19.9 Å². The lowest BCUT2D eigenvalue weighted by molar-refractivity contribution is -0.138. The number of imide groups is 1. The Hall–Kier alpha value is -4.07. The molecular weight excluding hydrogens is 416 g/mol. The first-order valence-electron chi connectivity index (χ1n) is 11.0. The summed E-state index contributed by atoms with van der Waals surface area (Å²) >= 11 is 0. The van der Waals surface area contributed by atoms with Gasteiger partial charge < -0.3 is 9.80 Å². The number of hydrogen-bond acceptors (Lipinski definition) is 7. The maximum absolute atomic E-state index is 13.6. The minimum atomic E-state index is -0.279. The zero-order valence-electron chi connectivity index (χ0n) is 18.4. The van der Waals surface area contributed by atoms with Crippen LogP contribution in [0.2, 0.25) is 0 Å². The van der Waals surface area contributed by atoms with Crippen LogP contribution in [0.5, 0.6) is 0 Å². The van der Waals surface area contributed by atoms with Gasteiger partial charge in [-0.25, -0.2) is 9.97 Å². The highest BCUT2D eigenvalue weighted by Gasteiger charge is 2.42. The van der Waals surface area contributed by atoms with Crippen molar-refractivity contribution < 1.29 is 9.59 Å². The van der Waals surface area contributed by atoms with E-state index in [1.54, 1.807) is 24.7 Å². The van der Waals surface area contributed by atoms with Crippen LogP contribution >= 0.6 is 0 Å². The van der Waals surface area contributed by atoms with Crippen molar-refractivity contribution in [2.24, 2.45) is 0 Å². The van der Waals surface area contributed by atoms with Crippen molar-refractivity contribution in [1.82, 2.24) is 24.8 Å². The van der Waals surface area contributed by atoms with E-state index in [0.717, 1.165) is 11.1 Å². The van der Waals surface area contributed by atoms with Crippen molar-refractivity contribution in [2.75, 3.05) is 31.1 Å². The van der Waals surface area contributed by atoms with Crippen LogP contribution < -0.4 is 4.90 Å². The lowest BCUT2D eigenvalue weighted by Crippen LogP contribution is -2.48. The van der Waals surface area contributed by atoms with Crippen molar-refractivity contribution >= 4 is 23.3 Å². The summed E-state index contributed by atoms with van der Waals surface area (Å²) in [4.78, 5) is 45.4. The molecule has 8 heteroatoms. The molecule has 166 valence electrons. The molecule has 2 aliphatic rings. The highest BCUT2D eigenvalue weighted by Crippen LogP contribution is 2.33. The van der Waals surface area contributed by atoms with E-state index in [9.17, 15) is 9.59 Å². The fourth-order valence-electron chi connectivity index (χ4n) is 4.22. The number of rotatable bonds is 5. The van der Waals surface area contributed by atoms with Crippen molar-refractivity contribution in [3.8, 4) is 0 Å². The van der Waals surface area contributed by atoms with Gasteiger partial charge in [0.1, 0.15) is 5.70 Å². The van der Waals surface area contributed by atoms with Crippen molar-refractivity contribution in [3.63, 3.8) is 0 Å². The molecule has 1 saturated heterocycles. The van der Waals surface area contributed by atoms with E-state index in [1.807, 2.05) is 54.3 Å². The quantitative estimate of drug-likeness (QED) is 0.563. The molecule has 3 aromatic rings. The third-order valence-corrected chi connectivity index (χ3v) is 5.96. The molecule has 2 aliphatic heterocycles. The number of carbonyl (C=O) groups excluding carboxylic acids is 2.